The molecule has 2 aromatic rings. The molecule has 4 rings (SSSR count). The monoisotopic (exact) mass is 361 g/mol. The SMILES string of the molecule is COc1ccccc1C1=CCCC(CN2C(=O)c3ccccc3C2=O)=NN1. The van der Waals surface area contributed by atoms with Gasteiger partial charge in [-0.3, -0.25) is 19.9 Å². The predicted octanol–water partition coefficient (Wildman–Crippen LogP) is 3.07. The van der Waals surface area contributed by atoms with Crippen molar-refractivity contribution in [2.75, 3.05) is 13.7 Å². The van der Waals surface area contributed by atoms with Crippen LogP contribution in [0.15, 0.2) is 59.7 Å². The fourth-order valence-corrected chi connectivity index (χ4v) is 3.34. The Bertz CT molecular complexity index is 943. The van der Waals surface area contributed by atoms with Crippen molar-refractivity contribution >= 4 is 23.2 Å². The molecule has 2 aromatic carbocycles. The molecule has 0 aromatic heterocycles. The minimum Gasteiger partial charge on any atom is -0.496 e. The van der Waals surface area contributed by atoms with Gasteiger partial charge in [0.15, 0.2) is 0 Å². The molecule has 6 nitrogen and oxygen atoms in total. The quantitative estimate of drug-likeness (QED) is 0.850. The summed E-state index contributed by atoms with van der Waals surface area (Å²) >= 11 is 0. The molecule has 0 unspecified atom stereocenters. The van der Waals surface area contributed by atoms with Crippen LogP contribution in [-0.4, -0.2) is 36.1 Å². The van der Waals surface area contributed by atoms with Gasteiger partial charge in [0.1, 0.15) is 5.75 Å². The minimum absolute atomic E-state index is 0.187. The molecule has 0 saturated heterocycles. The standard InChI is InChI=1S/C21H19N3O3/c1-27-19-12-5-4-10-17(19)18-11-6-7-14(22-23-18)13-24-20(25)15-8-2-3-9-16(15)21(24)26/h2-5,8-12,23H,6-7,13H2,1H3. The van der Waals surface area contributed by atoms with Gasteiger partial charge in [-0.1, -0.05) is 30.3 Å². The molecule has 2 amide bonds. The maximum Gasteiger partial charge on any atom is 0.261 e. The molecule has 0 spiro atoms. The summed E-state index contributed by atoms with van der Waals surface area (Å²) < 4.78 is 5.41. The Morgan fingerprint density at radius 3 is 2.30 bits per heavy atom. The van der Waals surface area contributed by atoms with Crippen LogP contribution in [0, 0.1) is 0 Å². The van der Waals surface area contributed by atoms with E-state index in [9.17, 15) is 9.59 Å². The zero-order valence-electron chi connectivity index (χ0n) is 14.9. The maximum atomic E-state index is 12.5. The number of hydrogen-bond acceptors (Lipinski definition) is 5. The van der Waals surface area contributed by atoms with Crippen LogP contribution < -0.4 is 10.2 Å². The maximum absolute atomic E-state index is 12.5. The Balaban J connectivity index is 1.52. The van der Waals surface area contributed by atoms with Gasteiger partial charge in [0.05, 0.1) is 36.2 Å². The number of hydrogen-bond donors (Lipinski definition) is 1. The van der Waals surface area contributed by atoms with Crippen molar-refractivity contribution in [3.8, 4) is 5.75 Å². The normalized spacial score (nSPS) is 16.3. The second-order valence-corrected chi connectivity index (χ2v) is 6.39. The van der Waals surface area contributed by atoms with E-state index in [2.05, 4.69) is 16.6 Å². The van der Waals surface area contributed by atoms with Gasteiger partial charge >= 0.3 is 0 Å². The smallest absolute Gasteiger partial charge is 0.261 e. The van der Waals surface area contributed by atoms with Gasteiger partial charge < -0.3 is 4.74 Å². The van der Waals surface area contributed by atoms with Gasteiger partial charge in [-0.2, -0.15) is 5.10 Å². The number of carbonyl (C=O) groups excluding carboxylic acids is 2. The zero-order chi connectivity index (χ0) is 18.8. The fourth-order valence-electron chi connectivity index (χ4n) is 3.34. The Hall–Kier alpha value is -3.41. The molecule has 2 heterocycles. The first-order valence-electron chi connectivity index (χ1n) is 8.79. The van der Waals surface area contributed by atoms with Gasteiger partial charge in [-0.25, -0.2) is 0 Å². The molecule has 1 N–H and O–H groups in total. The van der Waals surface area contributed by atoms with Crippen LogP contribution in [0.5, 0.6) is 5.75 Å². The van der Waals surface area contributed by atoms with Crippen LogP contribution >= 0.6 is 0 Å². The van der Waals surface area contributed by atoms with E-state index >= 15 is 0 Å². The van der Waals surface area contributed by atoms with Crippen LogP contribution in [-0.2, 0) is 0 Å². The van der Waals surface area contributed by atoms with E-state index in [1.807, 2.05) is 24.3 Å². The summed E-state index contributed by atoms with van der Waals surface area (Å²) in [5, 5.41) is 4.45. The predicted molar refractivity (Wildman–Crippen MR) is 103 cm³/mol. The summed E-state index contributed by atoms with van der Waals surface area (Å²) in [6, 6.07) is 14.6. The molecule has 0 aliphatic carbocycles. The summed E-state index contributed by atoms with van der Waals surface area (Å²) in [4.78, 5) is 26.3. The molecule has 6 heteroatoms. The van der Waals surface area contributed by atoms with Crippen LogP contribution in [0.1, 0.15) is 39.1 Å². The minimum atomic E-state index is -0.263. The Morgan fingerprint density at radius 1 is 1.00 bits per heavy atom. The molecule has 136 valence electrons. The summed E-state index contributed by atoms with van der Waals surface area (Å²) in [6.45, 7) is 0.187. The number of para-hydroxylation sites is 1. The summed E-state index contributed by atoms with van der Waals surface area (Å²) in [7, 11) is 1.63. The molecular weight excluding hydrogens is 342 g/mol. The molecule has 0 radical (unpaired) electrons. The lowest BCUT2D eigenvalue weighted by Crippen LogP contribution is -2.35. The molecule has 27 heavy (non-hydrogen) atoms. The largest absolute Gasteiger partial charge is 0.496 e. The highest BCUT2D eigenvalue weighted by Crippen LogP contribution is 2.26. The van der Waals surface area contributed by atoms with Gasteiger partial charge in [0.2, 0.25) is 0 Å². The third kappa shape index (κ3) is 3.10. The first kappa shape index (κ1) is 17.0. The van der Waals surface area contributed by atoms with E-state index in [0.717, 1.165) is 29.1 Å². The first-order valence-corrected chi connectivity index (χ1v) is 8.79. The number of imide groups is 1. The number of hydrazone groups is 1. The second kappa shape index (κ2) is 7.07. The Labute approximate surface area is 157 Å². The highest BCUT2D eigenvalue weighted by atomic mass is 16.5. The Kier molecular flexibility index (Phi) is 4.46. The molecule has 0 bridgehead atoms. The van der Waals surface area contributed by atoms with E-state index in [0.29, 0.717) is 17.5 Å². The summed E-state index contributed by atoms with van der Waals surface area (Å²) in [5.41, 5.74) is 6.51. The van der Waals surface area contributed by atoms with E-state index in [1.54, 1.807) is 31.4 Å². The number of ether oxygens (including phenoxy) is 1. The van der Waals surface area contributed by atoms with E-state index in [4.69, 9.17) is 4.74 Å². The number of amides is 2. The van der Waals surface area contributed by atoms with Gasteiger partial charge in [0, 0.05) is 5.56 Å². The number of allylic oxidation sites excluding steroid dienone is 1. The van der Waals surface area contributed by atoms with Crippen molar-refractivity contribution in [1.29, 1.82) is 0 Å². The molecule has 2 aliphatic heterocycles. The molecule has 0 saturated carbocycles. The number of rotatable bonds is 4. The van der Waals surface area contributed by atoms with E-state index in [-0.39, 0.29) is 18.4 Å². The van der Waals surface area contributed by atoms with Crippen LogP contribution in [0.25, 0.3) is 5.70 Å². The molecule has 0 atom stereocenters. The third-order valence-corrected chi connectivity index (χ3v) is 4.73. The molecule has 2 aliphatic rings. The van der Waals surface area contributed by atoms with Crippen molar-refractivity contribution in [3.05, 3.63) is 71.3 Å². The van der Waals surface area contributed by atoms with Gasteiger partial charge in [-0.05, 0) is 37.1 Å². The zero-order valence-corrected chi connectivity index (χ0v) is 14.9. The third-order valence-electron chi connectivity index (χ3n) is 4.73. The second-order valence-electron chi connectivity index (χ2n) is 6.39. The highest BCUT2D eigenvalue weighted by molar-refractivity contribution is 6.22. The lowest BCUT2D eigenvalue weighted by Gasteiger charge is -2.15. The Morgan fingerprint density at radius 2 is 1.63 bits per heavy atom. The van der Waals surface area contributed by atoms with Crippen molar-refractivity contribution in [2.24, 2.45) is 5.10 Å². The topological polar surface area (TPSA) is 71.0 Å². The van der Waals surface area contributed by atoms with Crippen molar-refractivity contribution in [3.63, 3.8) is 0 Å². The lowest BCUT2D eigenvalue weighted by molar-refractivity contribution is 0.0677. The van der Waals surface area contributed by atoms with Gasteiger partial charge in [-0.15, -0.1) is 0 Å². The van der Waals surface area contributed by atoms with Crippen LogP contribution in [0.2, 0.25) is 0 Å². The van der Waals surface area contributed by atoms with E-state index in [1.165, 1.54) is 4.90 Å². The number of nitrogens with one attached hydrogen (secondary N) is 1. The number of fused-ring (bicyclic) bond motifs is 1. The van der Waals surface area contributed by atoms with Crippen LogP contribution in [0.3, 0.4) is 0 Å². The molecule has 0 fully saturated rings. The number of nitrogens with zero attached hydrogens (tertiary/aromatic N) is 2. The lowest BCUT2D eigenvalue weighted by atomic mass is 10.1. The van der Waals surface area contributed by atoms with E-state index < -0.39 is 0 Å². The first-order chi connectivity index (χ1) is 13.2. The fraction of sp³-hybridized carbons (Fsp3) is 0.190. The van der Waals surface area contributed by atoms with Crippen LogP contribution in [0.4, 0.5) is 0 Å². The number of benzene rings is 2. The molecular formula is C21H19N3O3. The van der Waals surface area contributed by atoms with Crippen molar-refractivity contribution in [1.82, 2.24) is 10.3 Å². The number of methoxy groups -OCH3 is 1. The highest BCUT2D eigenvalue weighted by Gasteiger charge is 2.35. The summed E-state index contributed by atoms with van der Waals surface area (Å²) in [5.74, 6) is 0.233. The van der Waals surface area contributed by atoms with Gasteiger partial charge in [0.25, 0.3) is 11.8 Å². The average Bonchev–Trinajstić information content (AvgIpc) is 2.86. The van der Waals surface area contributed by atoms with Crippen molar-refractivity contribution < 1.29 is 14.3 Å². The van der Waals surface area contributed by atoms with Crippen molar-refractivity contribution in [2.45, 2.75) is 12.8 Å². The average molecular weight is 361 g/mol. The summed E-state index contributed by atoms with van der Waals surface area (Å²) in [6.07, 6.45) is 3.47. The number of carbonyl (C=O) groups is 2.